The quantitative estimate of drug-likeness (QED) is 0.691. The van der Waals surface area contributed by atoms with E-state index in [9.17, 15) is 4.79 Å². The van der Waals surface area contributed by atoms with Gasteiger partial charge in [-0.25, -0.2) is 0 Å². The van der Waals surface area contributed by atoms with Crippen molar-refractivity contribution in [2.75, 3.05) is 0 Å². The maximum atomic E-state index is 12.1. The molecule has 0 aliphatic heterocycles. The molecule has 0 spiro atoms. The lowest BCUT2D eigenvalue weighted by Gasteiger charge is -1.96. The van der Waals surface area contributed by atoms with Gasteiger partial charge in [0.25, 0.3) is 5.56 Å². The zero-order valence-electron chi connectivity index (χ0n) is 9.64. The first-order chi connectivity index (χ1) is 8.66. The van der Waals surface area contributed by atoms with E-state index in [4.69, 9.17) is 12.2 Å². The highest BCUT2D eigenvalue weighted by molar-refractivity contribution is 7.71. The van der Waals surface area contributed by atoms with Crippen molar-refractivity contribution < 1.29 is 0 Å². The minimum absolute atomic E-state index is 0.0408. The molecule has 2 heterocycles. The minimum Gasteiger partial charge on any atom is -0.331 e. The largest absolute Gasteiger partial charge is 0.331 e. The first kappa shape index (κ1) is 11.4. The van der Waals surface area contributed by atoms with Crippen molar-refractivity contribution in [1.29, 1.82) is 0 Å². The molecule has 1 N–H and O–H groups in total. The third-order valence-corrected chi connectivity index (χ3v) is 4.38. The predicted molar refractivity (Wildman–Crippen MR) is 77.7 cm³/mol. The smallest absolute Gasteiger partial charge is 0.271 e. The van der Waals surface area contributed by atoms with Gasteiger partial charge in [0.2, 0.25) is 0 Å². The van der Waals surface area contributed by atoms with Gasteiger partial charge in [-0.1, -0.05) is 30.3 Å². The normalized spacial score (nSPS) is 10.9. The lowest BCUT2D eigenvalue weighted by molar-refractivity contribution is 0.826. The number of hydrogen-bond donors (Lipinski definition) is 1. The summed E-state index contributed by atoms with van der Waals surface area (Å²) in [4.78, 5) is 16.2. The summed E-state index contributed by atoms with van der Waals surface area (Å²) >= 11 is 6.60. The second kappa shape index (κ2) is 4.19. The van der Waals surface area contributed by atoms with E-state index in [0.717, 1.165) is 16.0 Å². The molecule has 5 heteroatoms. The highest BCUT2D eigenvalue weighted by atomic mass is 32.1. The van der Waals surface area contributed by atoms with E-state index >= 15 is 0 Å². The van der Waals surface area contributed by atoms with E-state index in [1.54, 1.807) is 7.05 Å². The van der Waals surface area contributed by atoms with Crippen LogP contribution >= 0.6 is 23.6 Å². The van der Waals surface area contributed by atoms with Crippen LogP contribution in [0.4, 0.5) is 0 Å². The van der Waals surface area contributed by atoms with Crippen molar-refractivity contribution in [1.82, 2.24) is 9.55 Å². The van der Waals surface area contributed by atoms with Crippen LogP contribution in [-0.4, -0.2) is 9.55 Å². The Morgan fingerprint density at radius 3 is 2.72 bits per heavy atom. The van der Waals surface area contributed by atoms with Crippen LogP contribution in [0.3, 0.4) is 0 Å². The predicted octanol–water partition coefficient (Wildman–Crippen LogP) is 3.32. The van der Waals surface area contributed by atoms with Crippen molar-refractivity contribution in [2.24, 2.45) is 7.05 Å². The molecule has 1 aromatic carbocycles. The van der Waals surface area contributed by atoms with E-state index in [2.05, 4.69) is 4.98 Å². The van der Waals surface area contributed by atoms with Crippen LogP contribution in [0.25, 0.3) is 20.7 Å². The van der Waals surface area contributed by atoms with Gasteiger partial charge in [0.15, 0.2) is 4.77 Å². The zero-order chi connectivity index (χ0) is 12.7. The fraction of sp³-hybridized carbons (Fsp3) is 0.0769. The Kier molecular flexibility index (Phi) is 2.65. The average molecular weight is 274 g/mol. The average Bonchev–Trinajstić information content (AvgIpc) is 2.81. The summed E-state index contributed by atoms with van der Waals surface area (Å²) in [5.74, 6) is 0. The lowest BCUT2D eigenvalue weighted by Crippen LogP contribution is -2.17. The van der Waals surface area contributed by atoms with E-state index in [1.807, 2.05) is 36.4 Å². The highest BCUT2D eigenvalue weighted by Gasteiger charge is 2.09. The van der Waals surface area contributed by atoms with Crippen molar-refractivity contribution in [2.45, 2.75) is 0 Å². The Bertz CT molecular complexity index is 828. The molecule has 0 aliphatic carbocycles. The molecule has 0 saturated heterocycles. The second-order valence-corrected chi connectivity index (χ2v) is 5.45. The van der Waals surface area contributed by atoms with Crippen molar-refractivity contribution in [3.8, 4) is 10.4 Å². The summed E-state index contributed by atoms with van der Waals surface area (Å²) < 4.78 is 2.62. The van der Waals surface area contributed by atoms with Crippen LogP contribution in [0.5, 0.6) is 0 Å². The fourth-order valence-corrected chi connectivity index (χ4v) is 3.12. The molecule has 3 nitrogen and oxygen atoms in total. The molecule has 3 rings (SSSR count). The first-order valence-electron chi connectivity index (χ1n) is 5.45. The SMILES string of the molecule is Cn1c(=S)[nH]c2cc(-c3ccccc3)sc2c1=O. The molecule has 0 fully saturated rings. The van der Waals surface area contributed by atoms with Gasteiger partial charge in [-0.2, -0.15) is 0 Å². The van der Waals surface area contributed by atoms with Crippen molar-refractivity contribution >= 4 is 33.8 Å². The van der Waals surface area contributed by atoms with Crippen LogP contribution in [-0.2, 0) is 7.05 Å². The summed E-state index contributed by atoms with van der Waals surface area (Å²) in [6, 6.07) is 12.0. The van der Waals surface area contributed by atoms with Gasteiger partial charge in [-0.15, -0.1) is 11.3 Å². The maximum absolute atomic E-state index is 12.1. The first-order valence-corrected chi connectivity index (χ1v) is 6.67. The van der Waals surface area contributed by atoms with Gasteiger partial charge in [-0.3, -0.25) is 9.36 Å². The van der Waals surface area contributed by atoms with Crippen LogP contribution in [0.2, 0.25) is 0 Å². The van der Waals surface area contributed by atoms with Crippen molar-refractivity contribution in [3.05, 3.63) is 51.5 Å². The molecule has 18 heavy (non-hydrogen) atoms. The lowest BCUT2D eigenvalue weighted by atomic mass is 10.2. The number of thiophene rings is 1. The number of rotatable bonds is 1. The van der Waals surface area contributed by atoms with Crippen LogP contribution in [0.15, 0.2) is 41.2 Å². The van der Waals surface area contributed by atoms with Gasteiger partial charge in [0.1, 0.15) is 4.70 Å². The van der Waals surface area contributed by atoms with Gasteiger partial charge < -0.3 is 4.98 Å². The Balaban J connectivity index is 2.34. The summed E-state index contributed by atoms with van der Waals surface area (Å²) in [5, 5.41) is 0. The molecule has 90 valence electrons. The molecule has 0 radical (unpaired) electrons. The molecule has 0 bridgehead atoms. The van der Waals surface area contributed by atoms with Crippen LogP contribution < -0.4 is 5.56 Å². The van der Waals surface area contributed by atoms with Crippen LogP contribution in [0, 0.1) is 4.77 Å². The molecule has 2 aromatic heterocycles. The number of hydrogen-bond acceptors (Lipinski definition) is 3. The molecule has 0 atom stereocenters. The van der Waals surface area contributed by atoms with E-state index in [0.29, 0.717) is 9.47 Å². The monoisotopic (exact) mass is 274 g/mol. The van der Waals surface area contributed by atoms with Crippen LogP contribution in [0.1, 0.15) is 0 Å². The number of benzene rings is 1. The summed E-state index contributed by atoms with van der Waals surface area (Å²) in [6.45, 7) is 0. The molecule has 0 saturated carbocycles. The van der Waals surface area contributed by atoms with Gasteiger partial charge in [-0.05, 0) is 23.8 Å². The Morgan fingerprint density at radius 1 is 1.28 bits per heavy atom. The number of fused-ring (bicyclic) bond motifs is 1. The molecule has 0 aliphatic rings. The summed E-state index contributed by atoms with van der Waals surface area (Å²) in [7, 11) is 1.68. The molecule has 0 amide bonds. The van der Waals surface area contributed by atoms with E-state index in [1.165, 1.54) is 15.9 Å². The van der Waals surface area contributed by atoms with Gasteiger partial charge >= 0.3 is 0 Å². The maximum Gasteiger partial charge on any atom is 0.271 e. The number of nitrogens with zero attached hydrogens (tertiary/aromatic N) is 1. The standard InChI is InChI=1S/C13H10N2OS2/c1-15-12(16)11-9(14-13(15)17)7-10(18-11)8-5-3-2-4-6-8/h2-7H,1H3,(H,14,17). The molecular formula is C13H10N2OS2. The molecule has 0 unspecified atom stereocenters. The van der Waals surface area contributed by atoms with Gasteiger partial charge in [0, 0.05) is 11.9 Å². The highest BCUT2D eigenvalue weighted by Crippen LogP contribution is 2.30. The Hall–Kier alpha value is -1.72. The van der Waals surface area contributed by atoms with Gasteiger partial charge in [0.05, 0.1) is 5.52 Å². The number of aromatic amines is 1. The minimum atomic E-state index is -0.0408. The summed E-state index contributed by atoms with van der Waals surface area (Å²) in [6.07, 6.45) is 0. The fourth-order valence-electron chi connectivity index (χ4n) is 1.83. The summed E-state index contributed by atoms with van der Waals surface area (Å²) in [5.41, 5.74) is 1.88. The Labute approximate surface area is 112 Å². The number of H-pyrrole nitrogens is 1. The number of aromatic nitrogens is 2. The number of nitrogens with one attached hydrogen (secondary N) is 1. The van der Waals surface area contributed by atoms with E-state index < -0.39 is 0 Å². The molecular weight excluding hydrogens is 264 g/mol. The molecule has 3 aromatic rings. The Morgan fingerprint density at radius 2 is 2.00 bits per heavy atom. The third-order valence-electron chi connectivity index (χ3n) is 2.84. The van der Waals surface area contributed by atoms with E-state index in [-0.39, 0.29) is 5.56 Å². The third kappa shape index (κ3) is 1.72. The second-order valence-electron chi connectivity index (χ2n) is 4.01. The topological polar surface area (TPSA) is 37.8 Å². The van der Waals surface area contributed by atoms with Crippen molar-refractivity contribution in [3.63, 3.8) is 0 Å². The zero-order valence-corrected chi connectivity index (χ0v) is 11.3.